The fourth-order valence-electron chi connectivity index (χ4n) is 1.52. The Morgan fingerprint density at radius 3 is 2.79 bits per heavy atom. The molecular weight excluding hydrogens is 334 g/mol. The molecule has 1 aromatic carbocycles. The molecule has 1 N–H and O–H groups in total. The van der Waals surface area contributed by atoms with Crippen molar-refractivity contribution in [1.29, 1.82) is 0 Å². The van der Waals surface area contributed by atoms with Crippen LogP contribution in [0.3, 0.4) is 0 Å². The molecule has 7 heteroatoms. The minimum Gasteiger partial charge on any atom is -0.381 e. The standard InChI is InChI=1S/C12H9BrClN3O2/c13-9-3-8(5-15-7-9)6-16-10-1-2-12(17(18)19)11(14)4-10/h1-5,7,16H,6H2. The van der Waals surface area contributed by atoms with Gasteiger partial charge in [0, 0.05) is 35.2 Å². The Morgan fingerprint density at radius 2 is 2.16 bits per heavy atom. The first kappa shape index (κ1) is 13.8. The van der Waals surface area contributed by atoms with E-state index in [0.717, 1.165) is 15.7 Å². The number of nitro benzene ring substituents is 1. The van der Waals surface area contributed by atoms with Crippen molar-refractivity contribution in [3.05, 3.63) is 61.8 Å². The van der Waals surface area contributed by atoms with Gasteiger partial charge < -0.3 is 5.32 Å². The van der Waals surface area contributed by atoms with Crippen LogP contribution in [0, 0.1) is 10.1 Å². The number of benzene rings is 1. The van der Waals surface area contributed by atoms with E-state index in [4.69, 9.17) is 11.6 Å². The van der Waals surface area contributed by atoms with Crippen molar-refractivity contribution < 1.29 is 4.92 Å². The lowest BCUT2D eigenvalue weighted by atomic mass is 10.2. The number of hydrogen-bond donors (Lipinski definition) is 1. The van der Waals surface area contributed by atoms with Gasteiger partial charge in [-0.1, -0.05) is 11.6 Å². The van der Waals surface area contributed by atoms with Gasteiger partial charge in [-0.05, 0) is 39.7 Å². The quantitative estimate of drug-likeness (QED) is 0.673. The topological polar surface area (TPSA) is 68.1 Å². The predicted octanol–water partition coefficient (Wildman–Crippen LogP) is 4.02. The van der Waals surface area contributed by atoms with Crippen LogP contribution in [0.2, 0.25) is 5.02 Å². The van der Waals surface area contributed by atoms with Crippen molar-refractivity contribution in [2.75, 3.05) is 5.32 Å². The molecule has 0 spiro atoms. The van der Waals surface area contributed by atoms with Crippen LogP contribution in [0.4, 0.5) is 11.4 Å². The monoisotopic (exact) mass is 341 g/mol. The number of rotatable bonds is 4. The fraction of sp³-hybridized carbons (Fsp3) is 0.0833. The molecule has 0 amide bonds. The molecule has 0 aliphatic rings. The summed E-state index contributed by atoms with van der Waals surface area (Å²) in [5.41, 5.74) is 1.61. The molecule has 0 unspecified atom stereocenters. The second kappa shape index (κ2) is 5.99. The van der Waals surface area contributed by atoms with Crippen LogP contribution in [0.15, 0.2) is 41.1 Å². The lowest BCUT2D eigenvalue weighted by Gasteiger charge is -2.07. The van der Waals surface area contributed by atoms with E-state index in [0.29, 0.717) is 6.54 Å². The zero-order valence-electron chi connectivity index (χ0n) is 9.64. The Hall–Kier alpha value is -1.66. The number of anilines is 1. The van der Waals surface area contributed by atoms with Crippen molar-refractivity contribution in [3.63, 3.8) is 0 Å². The summed E-state index contributed by atoms with van der Waals surface area (Å²) >= 11 is 9.17. The summed E-state index contributed by atoms with van der Waals surface area (Å²) in [5.74, 6) is 0. The summed E-state index contributed by atoms with van der Waals surface area (Å²) in [6.45, 7) is 0.556. The highest BCUT2D eigenvalue weighted by Gasteiger charge is 2.11. The molecule has 0 bridgehead atoms. The highest BCUT2D eigenvalue weighted by atomic mass is 79.9. The Morgan fingerprint density at radius 1 is 1.37 bits per heavy atom. The highest BCUT2D eigenvalue weighted by Crippen LogP contribution is 2.27. The number of nitrogens with zero attached hydrogens (tertiary/aromatic N) is 2. The van der Waals surface area contributed by atoms with E-state index >= 15 is 0 Å². The number of nitro groups is 1. The normalized spacial score (nSPS) is 10.2. The maximum Gasteiger partial charge on any atom is 0.288 e. The predicted molar refractivity (Wildman–Crippen MR) is 77.4 cm³/mol. The molecule has 98 valence electrons. The van der Waals surface area contributed by atoms with Crippen LogP contribution >= 0.6 is 27.5 Å². The number of pyridine rings is 1. The number of halogens is 2. The van der Waals surface area contributed by atoms with Gasteiger partial charge in [0.05, 0.1) is 4.92 Å². The zero-order valence-corrected chi connectivity index (χ0v) is 12.0. The second-order valence-corrected chi connectivity index (χ2v) is 5.11. The number of nitrogens with one attached hydrogen (secondary N) is 1. The molecular formula is C12H9BrClN3O2. The summed E-state index contributed by atoms with van der Waals surface area (Å²) in [6, 6.07) is 6.47. The maximum absolute atomic E-state index is 10.6. The number of aromatic nitrogens is 1. The first-order valence-corrected chi connectivity index (χ1v) is 6.50. The molecule has 1 aromatic heterocycles. The van der Waals surface area contributed by atoms with Gasteiger partial charge in [0.2, 0.25) is 0 Å². The highest BCUT2D eigenvalue weighted by molar-refractivity contribution is 9.10. The summed E-state index contributed by atoms with van der Waals surface area (Å²) in [5, 5.41) is 13.9. The molecule has 1 heterocycles. The van der Waals surface area contributed by atoms with Gasteiger partial charge in [0.15, 0.2) is 0 Å². The van der Waals surface area contributed by atoms with Gasteiger partial charge in [-0.2, -0.15) is 0 Å². The van der Waals surface area contributed by atoms with E-state index in [9.17, 15) is 10.1 Å². The first-order chi connectivity index (χ1) is 9.06. The first-order valence-electron chi connectivity index (χ1n) is 5.33. The summed E-state index contributed by atoms with van der Waals surface area (Å²) in [7, 11) is 0. The summed E-state index contributed by atoms with van der Waals surface area (Å²) in [6.07, 6.45) is 3.44. The van der Waals surface area contributed by atoms with E-state index in [-0.39, 0.29) is 10.7 Å². The molecule has 0 aliphatic carbocycles. The van der Waals surface area contributed by atoms with Crippen molar-refractivity contribution in [1.82, 2.24) is 4.98 Å². The van der Waals surface area contributed by atoms with E-state index in [1.807, 2.05) is 6.07 Å². The average Bonchev–Trinajstić information content (AvgIpc) is 2.36. The molecule has 5 nitrogen and oxygen atoms in total. The third-order valence-electron chi connectivity index (χ3n) is 2.40. The second-order valence-electron chi connectivity index (χ2n) is 3.79. The fourth-order valence-corrected chi connectivity index (χ4v) is 2.18. The Kier molecular flexibility index (Phi) is 4.34. The molecule has 19 heavy (non-hydrogen) atoms. The van der Waals surface area contributed by atoms with Crippen LogP contribution in [0.25, 0.3) is 0 Å². The van der Waals surface area contributed by atoms with Gasteiger partial charge in [0.1, 0.15) is 5.02 Å². The van der Waals surface area contributed by atoms with Crippen molar-refractivity contribution in [3.8, 4) is 0 Å². The summed E-state index contributed by atoms with van der Waals surface area (Å²) < 4.78 is 0.897. The average molecular weight is 343 g/mol. The van der Waals surface area contributed by atoms with Gasteiger partial charge in [-0.25, -0.2) is 0 Å². The smallest absolute Gasteiger partial charge is 0.288 e. The van der Waals surface area contributed by atoms with Gasteiger partial charge in [-0.15, -0.1) is 0 Å². The van der Waals surface area contributed by atoms with Crippen molar-refractivity contribution in [2.24, 2.45) is 0 Å². The third-order valence-corrected chi connectivity index (χ3v) is 3.14. The van der Waals surface area contributed by atoms with Crippen molar-refractivity contribution in [2.45, 2.75) is 6.54 Å². The van der Waals surface area contributed by atoms with Crippen LogP contribution in [-0.2, 0) is 6.54 Å². The Balaban J connectivity index is 2.08. The van der Waals surface area contributed by atoms with E-state index in [2.05, 4.69) is 26.2 Å². The molecule has 0 fully saturated rings. The third kappa shape index (κ3) is 3.65. The van der Waals surface area contributed by atoms with Crippen LogP contribution < -0.4 is 5.32 Å². The minimum absolute atomic E-state index is 0.101. The van der Waals surface area contributed by atoms with Crippen molar-refractivity contribution >= 4 is 38.9 Å². The van der Waals surface area contributed by atoms with Gasteiger partial charge in [-0.3, -0.25) is 15.1 Å². The largest absolute Gasteiger partial charge is 0.381 e. The van der Waals surface area contributed by atoms with Gasteiger partial charge >= 0.3 is 0 Å². The SMILES string of the molecule is O=[N+]([O-])c1ccc(NCc2cncc(Br)c2)cc1Cl. The Bertz CT molecular complexity index is 622. The lowest BCUT2D eigenvalue weighted by molar-refractivity contribution is -0.384. The van der Waals surface area contributed by atoms with Crippen LogP contribution in [0.5, 0.6) is 0 Å². The number of hydrogen-bond acceptors (Lipinski definition) is 4. The Labute approximate surface area is 122 Å². The molecule has 2 aromatic rings. The molecule has 0 atom stereocenters. The minimum atomic E-state index is -0.510. The molecule has 0 aliphatic heterocycles. The molecule has 0 saturated heterocycles. The van der Waals surface area contributed by atoms with Gasteiger partial charge in [0.25, 0.3) is 5.69 Å². The van der Waals surface area contributed by atoms with E-state index in [1.165, 1.54) is 12.1 Å². The zero-order chi connectivity index (χ0) is 13.8. The van der Waals surface area contributed by atoms with Crippen LogP contribution in [-0.4, -0.2) is 9.91 Å². The van der Waals surface area contributed by atoms with E-state index in [1.54, 1.807) is 18.5 Å². The molecule has 0 radical (unpaired) electrons. The van der Waals surface area contributed by atoms with E-state index < -0.39 is 4.92 Å². The molecule has 2 rings (SSSR count). The lowest BCUT2D eigenvalue weighted by Crippen LogP contribution is -2.00. The maximum atomic E-state index is 10.6. The van der Waals surface area contributed by atoms with Crippen LogP contribution in [0.1, 0.15) is 5.56 Å². The summed E-state index contributed by atoms with van der Waals surface area (Å²) in [4.78, 5) is 14.2. The molecule has 0 saturated carbocycles.